The lowest BCUT2D eigenvalue weighted by molar-refractivity contribution is 0.0952. The summed E-state index contributed by atoms with van der Waals surface area (Å²) in [7, 11) is 2.81. The number of hydrogen-bond acceptors (Lipinski definition) is 4. The number of rotatable bonds is 4. The number of hydrogen-bond donors (Lipinski definition) is 1. The van der Waals surface area contributed by atoms with Crippen LogP contribution in [-0.2, 0) is 0 Å². The van der Waals surface area contributed by atoms with Crippen LogP contribution in [-0.4, -0.2) is 24.9 Å². The van der Waals surface area contributed by atoms with Gasteiger partial charge in [-0.1, -0.05) is 0 Å². The Kier molecular flexibility index (Phi) is 4.38. The summed E-state index contributed by atoms with van der Waals surface area (Å²) in [5.74, 6) is -0.410. The molecule has 0 fully saturated rings. The highest BCUT2D eigenvalue weighted by atomic mass is 19.1. The zero-order chi connectivity index (χ0) is 18.0. The number of carbonyl (C=O) groups is 1. The number of pyridine rings is 1. The summed E-state index contributed by atoms with van der Waals surface area (Å²) in [6.07, 6.45) is 0. The van der Waals surface area contributed by atoms with Gasteiger partial charge in [0.25, 0.3) is 11.5 Å². The third-order valence-electron chi connectivity index (χ3n) is 3.70. The lowest BCUT2D eigenvalue weighted by Crippen LogP contribution is -2.32. The van der Waals surface area contributed by atoms with Crippen molar-refractivity contribution in [2.24, 2.45) is 0 Å². The lowest BCUT2D eigenvalue weighted by Gasteiger charge is -2.13. The van der Waals surface area contributed by atoms with Gasteiger partial charge in [-0.05, 0) is 53.9 Å². The molecule has 7 heteroatoms. The predicted molar refractivity (Wildman–Crippen MR) is 91.6 cm³/mol. The number of amides is 1. The molecule has 0 atom stereocenters. The molecule has 0 saturated carbocycles. The van der Waals surface area contributed by atoms with Crippen LogP contribution in [0.1, 0.15) is 10.5 Å². The van der Waals surface area contributed by atoms with Gasteiger partial charge in [0.1, 0.15) is 24.4 Å². The molecular weight excluding hydrogens is 327 g/mol. The Labute approximate surface area is 142 Å². The maximum absolute atomic E-state index is 13.0. The molecule has 3 aromatic rings. The van der Waals surface area contributed by atoms with E-state index in [2.05, 4.69) is 5.32 Å². The summed E-state index contributed by atoms with van der Waals surface area (Å²) in [5, 5.41) is 3.54. The molecule has 2 aromatic carbocycles. The Hall–Kier alpha value is -3.35. The number of aromatic nitrogens is 1. The van der Waals surface area contributed by atoms with E-state index in [-0.39, 0.29) is 5.69 Å². The molecule has 0 aliphatic heterocycles. The average molecular weight is 342 g/mol. The SMILES string of the molecule is COc1ccc2c(=O)n(OC)c(C(=O)Nc3ccc(F)cc3)cc2c1. The molecule has 1 heterocycles. The topological polar surface area (TPSA) is 69.6 Å². The standard InChI is InChI=1S/C18H15FN2O4/c1-24-14-7-8-15-11(9-14)10-16(21(25-2)18(15)23)17(22)20-13-5-3-12(19)4-6-13/h3-10H,1-2H3,(H,20,22). The number of methoxy groups -OCH3 is 1. The van der Waals surface area contributed by atoms with Crippen LogP contribution >= 0.6 is 0 Å². The maximum Gasteiger partial charge on any atom is 0.291 e. The minimum atomic E-state index is -0.560. The van der Waals surface area contributed by atoms with Gasteiger partial charge in [0.05, 0.1) is 12.5 Å². The zero-order valence-corrected chi connectivity index (χ0v) is 13.6. The molecule has 128 valence electrons. The van der Waals surface area contributed by atoms with Gasteiger partial charge < -0.3 is 14.9 Å². The quantitative estimate of drug-likeness (QED) is 0.791. The van der Waals surface area contributed by atoms with Crippen LogP contribution < -0.4 is 20.5 Å². The van der Waals surface area contributed by atoms with Crippen molar-refractivity contribution >= 4 is 22.4 Å². The number of nitrogens with zero attached hydrogens (tertiary/aromatic N) is 1. The average Bonchev–Trinajstić information content (AvgIpc) is 2.63. The molecule has 0 aliphatic carbocycles. The van der Waals surface area contributed by atoms with E-state index in [9.17, 15) is 14.0 Å². The minimum Gasteiger partial charge on any atom is -0.497 e. The van der Waals surface area contributed by atoms with Crippen molar-refractivity contribution in [3.63, 3.8) is 0 Å². The lowest BCUT2D eigenvalue weighted by atomic mass is 10.1. The Morgan fingerprint density at radius 2 is 1.80 bits per heavy atom. The molecule has 1 aromatic heterocycles. The molecule has 25 heavy (non-hydrogen) atoms. The molecule has 6 nitrogen and oxygen atoms in total. The Balaban J connectivity index is 2.08. The zero-order valence-electron chi connectivity index (χ0n) is 13.6. The van der Waals surface area contributed by atoms with Crippen molar-refractivity contribution in [3.05, 3.63) is 70.4 Å². The van der Waals surface area contributed by atoms with E-state index in [1.807, 2.05) is 0 Å². The number of fused-ring (bicyclic) bond motifs is 1. The van der Waals surface area contributed by atoms with Crippen molar-refractivity contribution < 1.29 is 18.8 Å². The molecule has 3 rings (SSSR count). The number of carbonyl (C=O) groups excluding carboxylic acids is 1. The number of anilines is 1. The summed E-state index contributed by atoms with van der Waals surface area (Å²) in [6.45, 7) is 0. The van der Waals surface area contributed by atoms with E-state index in [4.69, 9.17) is 9.57 Å². The molecule has 0 bridgehead atoms. The first-order chi connectivity index (χ1) is 12.0. The van der Waals surface area contributed by atoms with Gasteiger partial charge in [-0.15, -0.1) is 4.73 Å². The molecule has 1 amide bonds. The fraction of sp³-hybridized carbons (Fsp3) is 0.111. The molecular formula is C18H15FN2O4. The van der Waals surface area contributed by atoms with Crippen molar-refractivity contribution in [3.8, 4) is 5.75 Å². The van der Waals surface area contributed by atoms with Crippen molar-refractivity contribution in [2.75, 3.05) is 19.5 Å². The van der Waals surface area contributed by atoms with Gasteiger partial charge >= 0.3 is 0 Å². The number of ether oxygens (including phenoxy) is 1. The first-order valence-electron chi connectivity index (χ1n) is 7.38. The molecule has 0 radical (unpaired) electrons. The van der Waals surface area contributed by atoms with Crippen LogP contribution in [0.3, 0.4) is 0 Å². The van der Waals surface area contributed by atoms with Crippen LogP contribution in [0.15, 0.2) is 53.3 Å². The van der Waals surface area contributed by atoms with E-state index in [0.29, 0.717) is 22.2 Å². The highest BCUT2D eigenvalue weighted by Gasteiger charge is 2.17. The predicted octanol–water partition coefficient (Wildman–Crippen LogP) is 2.46. The Morgan fingerprint density at radius 3 is 2.44 bits per heavy atom. The Bertz CT molecular complexity index is 996. The van der Waals surface area contributed by atoms with Gasteiger partial charge in [0.2, 0.25) is 0 Å². The van der Waals surface area contributed by atoms with Crippen LogP contribution in [0.4, 0.5) is 10.1 Å². The summed E-state index contributed by atoms with van der Waals surface area (Å²) >= 11 is 0. The van der Waals surface area contributed by atoms with Crippen molar-refractivity contribution in [2.45, 2.75) is 0 Å². The van der Waals surface area contributed by atoms with E-state index < -0.39 is 17.3 Å². The van der Waals surface area contributed by atoms with E-state index >= 15 is 0 Å². The van der Waals surface area contributed by atoms with Gasteiger partial charge in [-0.25, -0.2) is 4.39 Å². The third kappa shape index (κ3) is 3.16. The van der Waals surface area contributed by atoms with Crippen LogP contribution in [0.5, 0.6) is 5.75 Å². The fourth-order valence-corrected chi connectivity index (χ4v) is 2.47. The highest BCUT2D eigenvalue weighted by Crippen LogP contribution is 2.20. The molecule has 0 unspecified atom stereocenters. The maximum atomic E-state index is 13.0. The fourth-order valence-electron chi connectivity index (χ4n) is 2.47. The van der Waals surface area contributed by atoms with Crippen molar-refractivity contribution in [1.82, 2.24) is 4.73 Å². The third-order valence-corrected chi connectivity index (χ3v) is 3.70. The van der Waals surface area contributed by atoms with Gasteiger partial charge in [-0.2, -0.15) is 0 Å². The van der Waals surface area contributed by atoms with Crippen LogP contribution in [0.25, 0.3) is 10.8 Å². The molecule has 0 saturated heterocycles. The van der Waals surface area contributed by atoms with Crippen molar-refractivity contribution in [1.29, 1.82) is 0 Å². The highest BCUT2D eigenvalue weighted by molar-refractivity contribution is 6.05. The van der Waals surface area contributed by atoms with E-state index in [1.165, 1.54) is 44.6 Å². The number of halogens is 1. The first-order valence-corrected chi connectivity index (χ1v) is 7.38. The first kappa shape index (κ1) is 16.5. The van der Waals surface area contributed by atoms with Crippen LogP contribution in [0.2, 0.25) is 0 Å². The van der Waals surface area contributed by atoms with Gasteiger partial charge in [0.15, 0.2) is 0 Å². The number of nitrogens with one attached hydrogen (secondary N) is 1. The molecule has 0 aliphatic rings. The summed E-state index contributed by atoms with van der Waals surface area (Å²) in [6, 6.07) is 11.7. The second-order valence-electron chi connectivity index (χ2n) is 5.23. The summed E-state index contributed by atoms with van der Waals surface area (Å²) in [5.41, 5.74) is -0.0586. The molecule has 1 N–H and O–H groups in total. The minimum absolute atomic E-state index is 0.0116. The van der Waals surface area contributed by atoms with Crippen LogP contribution in [0, 0.1) is 5.82 Å². The van der Waals surface area contributed by atoms with Gasteiger partial charge in [0, 0.05) is 5.69 Å². The largest absolute Gasteiger partial charge is 0.497 e. The number of benzene rings is 2. The Morgan fingerprint density at radius 1 is 1.08 bits per heavy atom. The van der Waals surface area contributed by atoms with Gasteiger partial charge in [-0.3, -0.25) is 9.59 Å². The summed E-state index contributed by atoms with van der Waals surface area (Å²) in [4.78, 5) is 30.2. The monoisotopic (exact) mass is 342 g/mol. The second kappa shape index (κ2) is 6.64. The van der Waals surface area contributed by atoms with E-state index in [0.717, 1.165) is 4.73 Å². The molecule has 0 spiro atoms. The smallest absolute Gasteiger partial charge is 0.291 e. The van der Waals surface area contributed by atoms with E-state index in [1.54, 1.807) is 18.2 Å². The second-order valence-corrected chi connectivity index (χ2v) is 5.23. The normalized spacial score (nSPS) is 10.5. The summed E-state index contributed by atoms with van der Waals surface area (Å²) < 4.78 is 19.0.